The van der Waals surface area contributed by atoms with Crippen LogP contribution in [0.15, 0.2) is 17.3 Å². The van der Waals surface area contributed by atoms with Crippen molar-refractivity contribution in [3.63, 3.8) is 0 Å². The summed E-state index contributed by atoms with van der Waals surface area (Å²) in [5, 5.41) is 10.3. The van der Waals surface area contributed by atoms with E-state index < -0.39 is 24.7 Å². The van der Waals surface area contributed by atoms with Gasteiger partial charge in [0.05, 0.1) is 46.7 Å². The lowest BCUT2D eigenvalue weighted by atomic mass is 9.77. The molecule has 12 nitrogen and oxygen atoms in total. The van der Waals surface area contributed by atoms with E-state index in [0.717, 1.165) is 111 Å². The van der Waals surface area contributed by atoms with E-state index in [1.54, 1.807) is 0 Å². The van der Waals surface area contributed by atoms with Gasteiger partial charge in [-0.1, -0.05) is 52.9 Å². The molecule has 0 aromatic carbocycles. The standard InChI is InChI=1S/C40H68N8O4SSi/c1-38(2,3)52-37(49)42-23-15-13-11-9-10-12-14-22-41-31-27-43-34(44-28-31)30-17-24-48(25-18-30)36-45-32-19-26-53(50)33(32)35(46-36)47-40(20-16-21-40)29-51-54(7,8)39(4,5)6/h27-28,30,41H,9-26,29H2,1-8H3,(H,42,49)(H,45,46,47)/t53-/m1/s1. The maximum atomic E-state index is 13.2. The highest BCUT2D eigenvalue weighted by Gasteiger charge is 2.44. The van der Waals surface area contributed by atoms with Crippen LogP contribution in [0.2, 0.25) is 18.1 Å². The smallest absolute Gasteiger partial charge is 0.407 e. The fourth-order valence-corrected chi connectivity index (χ4v) is 9.33. The van der Waals surface area contributed by atoms with Crippen LogP contribution in [0.25, 0.3) is 0 Å². The molecule has 0 bridgehead atoms. The number of aromatic nitrogens is 4. The van der Waals surface area contributed by atoms with Crippen LogP contribution in [0, 0.1) is 0 Å². The van der Waals surface area contributed by atoms with E-state index in [4.69, 9.17) is 29.1 Å². The van der Waals surface area contributed by atoms with Gasteiger partial charge in [-0.15, -0.1) is 0 Å². The van der Waals surface area contributed by atoms with Gasteiger partial charge in [0.15, 0.2) is 8.32 Å². The van der Waals surface area contributed by atoms with Crippen molar-refractivity contribution in [3.05, 3.63) is 23.9 Å². The van der Waals surface area contributed by atoms with E-state index in [2.05, 4.69) is 54.7 Å². The largest absolute Gasteiger partial charge is 0.444 e. The molecule has 2 aromatic rings. The lowest BCUT2D eigenvalue weighted by Crippen LogP contribution is -2.53. The highest BCUT2D eigenvalue weighted by molar-refractivity contribution is 7.85. The van der Waals surface area contributed by atoms with Crippen LogP contribution >= 0.6 is 0 Å². The molecule has 4 heterocycles. The molecule has 2 fully saturated rings. The van der Waals surface area contributed by atoms with E-state index in [1.165, 1.54) is 25.7 Å². The Morgan fingerprint density at radius 2 is 1.57 bits per heavy atom. The summed E-state index contributed by atoms with van der Waals surface area (Å²) in [7, 11) is -3.00. The first kappa shape index (κ1) is 42.3. The lowest BCUT2D eigenvalue weighted by molar-refractivity contribution is 0.0527. The molecule has 1 saturated heterocycles. The molecule has 1 saturated carbocycles. The second kappa shape index (κ2) is 18.4. The summed E-state index contributed by atoms with van der Waals surface area (Å²) in [6.07, 6.45) is 17.4. The number of hydrogen-bond acceptors (Lipinski definition) is 11. The molecule has 14 heteroatoms. The fraction of sp³-hybridized carbons (Fsp3) is 0.775. The average Bonchev–Trinajstić information content (AvgIpc) is 3.47. The van der Waals surface area contributed by atoms with Crippen molar-refractivity contribution < 1.29 is 18.2 Å². The van der Waals surface area contributed by atoms with Crippen molar-refractivity contribution in [2.75, 3.05) is 54.1 Å². The van der Waals surface area contributed by atoms with Gasteiger partial charge in [0, 0.05) is 44.3 Å². The predicted molar refractivity (Wildman–Crippen MR) is 222 cm³/mol. The van der Waals surface area contributed by atoms with Gasteiger partial charge in [0.2, 0.25) is 5.95 Å². The number of ether oxygens (including phenoxy) is 1. The monoisotopic (exact) mass is 784 g/mol. The van der Waals surface area contributed by atoms with Crippen LogP contribution in [-0.4, -0.2) is 88.2 Å². The zero-order valence-corrected chi connectivity index (χ0v) is 36.3. The Kier molecular flexibility index (Phi) is 14.4. The average molecular weight is 785 g/mol. The SMILES string of the molecule is CC(C)(C)OC(=O)NCCCCCCCCCNc1cnc(C2CCN(c3nc4c(c(NC5(CO[Si](C)(C)C(C)(C)C)CCC5)n3)[S@](=O)CC4)CC2)nc1. The summed E-state index contributed by atoms with van der Waals surface area (Å²) in [5.74, 6) is 3.30. The first-order chi connectivity index (χ1) is 25.5. The Bertz CT molecular complexity index is 1550. The van der Waals surface area contributed by atoms with Gasteiger partial charge >= 0.3 is 6.09 Å². The first-order valence-electron chi connectivity index (χ1n) is 20.5. The Balaban J connectivity index is 1.03. The molecule has 2 aliphatic heterocycles. The quantitative estimate of drug-likeness (QED) is 0.0992. The molecule has 0 radical (unpaired) electrons. The summed E-state index contributed by atoms with van der Waals surface area (Å²) in [6, 6.07) is 0. The summed E-state index contributed by atoms with van der Waals surface area (Å²) < 4.78 is 25.1. The number of alkyl carbamates (subject to hydrolysis) is 1. The Hall–Kier alpha value is -2.84. The number of carbonyl (C=O) groups excluding carboxylic acids is 1. The van der Waals surface area contributed by atoms with E-state index in [9.17, 15) is 9.00 Å². The third kappa shape index (κ3) is 11.8. The maximum absolute atomic E-state index is 13.2. The molecule has 3 N–H and O–H groups in total. The minimum absolute atomic E-state index is 0.146. The zero-order valence-electron chi connectivity index (χ0n) is 34.4. The Labute approximate surface area is 328 Å². The molecule has 1 amide bonds. The molecule has 302 valence electrons. The van der Waals surface area contributed by atoms with Crippen LogP contribution in [0.4, 0.5) is 22.2 Å². The number of nitrogens with one attached hydrogen (secondary N) is 3. The molecule has 54 heavy (non-hydrogen) atoms. The van der Waals surface area contributed by atoms with Gasteiger partial charge in [-0.3, -0.25) is 4.21 Å². The van der Waals surface area contributed by atoms with E-state index in [1.807, 2.05) is 33.2 Å². The number of unbranched alkanes of at least 4 members (excludes halogenated alkanes) is 6. The van der Waals surface area contributed by atoms with E-state index in [-0.39, 0.29) is 16.7 Å². The van der Waals surface area contributed by atoms with Crippen molar-refractivity contribution in [3.8, 4) is 0 Å². The Morgan fingerprint density at radius 1 is 0.944 bits per heavy atom. The number of rotatable bonds is 18. The number of anilines is 3. The van der Waals surface area contributed by atoms with E-state index in [0.29, 0.717) is 24.8 Å². The minimum Gasteiger partial charge on any atom is -0.444 e. The summed E-state index contributed by atoms with van der Waals surface area (Å²) >= 11 is 0. The molecular weight excluding hydrogens is 717 g/mol. The fourth-order valence-electron chi connectivity index (χ4n) is 6.95. The van der Waals surface area contributed by atoms with Crippen molar-refractivity contribution in [2.24, 2.45) is 0 Å². The van der Waals surface area contributed by atoms with Crippen molar-refractivity contribution in [1.82, 2.24) is 25.3 Å². The minimum atomic E-state index is -1.91. The van der Waals surface area contributed by atoms with Crippen LogP contribution < -0.4 is 20.9 Å². The lowest BCUT2D eigenvalue weighted by Gasteiger charge is -2.46. The van der Waals surface area contributed by atoms with Crippen LogP contribution in [-0.2, 0) is 26.4 Å². The first-order valence-corrected chi connectivity index (χ1v) is 24.8. The Morgan fingerprint density at radius 3 is 2.17 bits per heavy atom. The summed E-state index contributed by atoms with van der Waals surface area (Å²) in [6.45, 7) is 21.0. The highest BCUT2D eigenvalue weighted by atomic mass is 32.2. The number of amides is 1. The number of aryl methyl sites for hydroxylation is 1. The van der Waals surface area contributed by atoms with Crippen LogP contribution in [0.3, 0.4) is 0 Å². The normalized spacial score (nSPS) is 18.9. The van der Waals surface area contributed by atoms with Crippen molar-refractivity contribution in [1.29, 1.82) is 0 Å². The van der Waals surface area contributed by atoms with Gasteiger partial charge in [-0.25, -0.2) is 19.7 Å². The van der Waals surface area contributed by atoms with Gasteiger partial charge in [0.1, 0.15) is 22.1 Å². The molecule has 1 atom stereocenters. The molecule has 0 unspecified atom stereocenters. The third-order valence-electron chi connectivity index (χ3n) is 11.6. The van der Waals surface area contributed by atoms with Gasteiger partial charge < -0.3 is 30.0 Å². The van der Waals surface area contributed by atoms with Crippen molar-refractivity contribution in [2.45, 2.75) is 165 Å². The molecular formula is C40H68N8O4SSi. The third-order valence-corrected chi connectivity index (χ3v) is 17.5. The van der Waals surface area contributed by atoms with E-state index >= 15 is 0 Å². The number of hydrogen-bond donors (Lipinski definition) is 3. The molecule has 3 aliphatic rings. The van der Waals surface area contributed by atoms with Gasteiger partial charge in [0.25, 0.3) is 0 Å². The molecule has 0 spiro atoms. The number of carbonyl (C=O) groups is 1. The zero-order chi connectivity index (χ0) is 39.0. The maximum Gasteiger partial charge on any atom is 0.407 e. The predicted octanol–water partition coefficient (Wildman–Crippen LogP) is 8.34. The van der Waals surface area contributed by atoms with Gasteiger partial charge in [-0.2, -0.15) is 4.98 Å². The molecule has 2 aromatic heterocycles. The molecule has 1 aliphatic carbocycles. The second-order valence-electron chi connectivity index (χ2n) is 18.2. The van der Waals surface area contributed by atoms with Crippen LogP contribution in [0.5, 0.6) is 0 Å². The van der Waals surface area contributed by atoms with Crippen molar-refractivity contribution >= 4 is 42.7 Å². The second-order valence-corrected chi connectivity index (χ2v) is 24.5. The summed E-state index contributed by atoms with van der Waals surface area (Å²) in [5.41, 5.74) is 1.27. The topological polar surface area (TPSA) is 143 Å². The molecule has 5 rings (SSSR count). The van der Waals surface area contributed by atoms with Crippen LogP contribution in [0.1, 0.15) is 136 Å². The number of nitrogens with zero attached hydrogens (tertiary/aromatic N) is 5. The highest BCUT2D eigenvalue weighted by Crippen LogP contribution is 2.42. The number of fused-ring (bicyclic) bond motifs is 1. The number of piperidine rings is 1. The van der Waals surface area contributed by atoms with Gasteiger partial charge in [-0.05, 0) is 83.8 Å². The summed E-state index contributed by atoms with van der Waals surface area (Å²) in [4.78, 5) is 34.4.